The molecule has 90 valence electrons. The summed E-state index contributed by atoms with van der Waals surface area (Å²) in [6.45, 7) is 6.45. The first-order valence-corrected chi connectivity index (χ1v) is 5.64. The molecule has 5 nitrogen and oxygen atoms in total. The van der Waals surface area contributed by atoms with Gasteiger partial charge >= 0.3 is 0 Å². The van der Waals surface area contributed by atoms with Gasteiger partial charge in [0.1, 0.15) is 6.10 Å². The third-order valence-electron chi connectivity index (χ3n) is 2.95. The van der Waals surface area contributed by atoms with Gasteiger partial charge in [-0.2, -0.15) is 5.10 Å². The molecule has 1 aromatic heterocycles. The van der Waals surface area contributed by atoms with Crippen LogP contribution in [0.5, 0.6) is 0 Å². The van der Waals surface area contributed by atoms with Crippen LogP contribution in [0.1, 0.15) is 17.4 Å². The van der Waals surface area contributed by atoms with Crippen molar-refractivity contribution < 1.29 is 9.47 Å². The van der Waals surface area contributed by atoms with E-state index in [-0.39, 0.29) is 6.10 Å². The summed E-state index contributed by atoms with van der Waals surface area (Å²) in [5, 5.41) is 7.05. The van der Waals surface area contributed by atoms with Crippen molar-refractivity contribution in [1.82, 2.24) is 15.1 Å². The van der Waals surface area contributed by atoms with Crippen LogP contribution >= 0.6 is 0 Å². The fourth-order valence-electron chi connectivity index (χ4n) is 1.98. The molecule has 1 saturated heterocycles. The van der Waals surface area contributed by atoms with Gasteiger partial charge in [0.05, 0.1) is 25.1 Å². The molecule has 1 N–H and O–H groups in total. The topological polar surface area (TPSA) is 50.4 Å². The van der Waals surface area contributed by atoms with Crippen molar-refractivity contribution in [3.8, 4) is 0 Å². The Hall–Kier alpha value is -0.910. The summed E-state index contributed by atoms with van der Waals surface area (Å²) in [4.78, 5) is 2.36. The molecule has 1 aromatic rings. The SMILES string of the molecule is COCCN1CCO[C@@H](c2[nH]ncc2C)C1. The van der Waals surface area contributed by atoms with Gasteiger partial charge in [-0.05, 0) is 12.5 Å². The van der Waals surface area contributed by atoms with Gasteiger partial charge in [-0.25, -0.2) is 0 Å². The molecule has 0 aromatic carbocycles. The van der Waals surface area contributed by atoms with Crippen LogP contribution in [-0.4, -0.2) is 55.1 Å². The number of methoxy groups -OCH3 is 1. The number of H-pyrrole nitrogens is 1. The largest absolute Gasteiger partial charge is 0.383 e. The van der Waals surface area contributed by atoms with Crippen molar-refractivity contribution in [2.24, 2.45) is 0 Å². The highest BCUT2D eigenvalue weighted by Crippen LogP contribution is 2.22. The van der Waals surface area contributed by atoms with Crippen molar-refractivity contribution in [3.63, 3.8) is 0 Å². The molecule has 1 aliphatic heterocycles. The van der Waals surface area contributed by atoms with Gasteiger partial charge in [0, 0.05) is 26.7 Å². The third kappa shape index (κ3) is 2.61. The fourth-order valence-corrected chi connectivity index (χ4v) is 1.98. The standard InChI is InChI=1S/C11H19N3O2/c1-9-7-12-13-11(9)10-8-14(3-5-15-2)4-6-16-10/h7,10H,3-6,8H2,1-2H3,(H,12,13)/t10-/m1/s1. The van der Waals surface area contributed by atoms with Crippen LogP contribution in [0.3, 0.4) is 0 Å². The second-order valence-electron chi connectivity index (χ2n) is 4.12. The summed E-state index contributed by atoms with van der Waals surface area (Å²) < 4.78 is 10.9. The molecule has 0 aliphatic carbocycles. The summed E-state index contributed by atoms with van der Waals surface area (Å²) in [5.41, 5.74) is 2.26. The van der Waals surface area contributed by atoms with E-state index in [0.29, 0.717) is 0 Å². The van der Waals surface area contributed by atoms with Crippen LogP contribution in [-0.2, 0) is 9.47 Å². The van der Waals surface area contributed by atoms with E-state index < -0.39 is 0 Å². The van der Waals surface area contributed by atoms with E-state index in [0.717, 1.165) is 38.5 Å². The van der Waals surface area contributed by atoms with E-state index in [1.165, 1.54) is 5.56 Å². The van der Waals surface area contributed by atoms with Crippen LogP contribution in [0.2, 0.25) is 0 Å². The van der Waals surface area contributed by atoms with Gasteiger partial charge in [-0.3, -0.25) is 10.00 Å². The van der Waals surface area contributed by atoms with Crippen LogP contribution in [0.15, 0.2) is 6.20 Å². The first-order chi connectivity index (χ1) is 7.81. The van der Waals surface area contributed by atoms with E-state index in [2.05, 4.69) is 22.0 Å². The zero-order chi connectivity index (χ0) is 11.4. The number of hydrogen-bond acceptors (Lipinski definition) is 4. The first kappa shape index (κ1) is 11.6. The lowest BCUT2D eigenvalue weighted by molar-refractivity contribution is -0.0378. The van der Waals surface area contributed by atoms with Crippen LogP contribution in [0, 0.1) is 6.92 Å². The van der Waals surface area contributed by atoms with Gasteiger partial charge in [0.25, 0.3) is 0 Å². The molecular formula is C11H19N3O2. The molecule has 1 fully saturated rings. The molecule has 1 atom stereocenters. The second kappa shape index (κ2) is 5.43. The zero-order valence-corrected chi connectivity index (χ0v) is 9.90. The molecule has 0 unspecified atom stereocenters. The molecule has 0 amide bonds. The Morgan fingerprint density at radius 3 is 3.25 bits per heavy atom. The van der Waals surface area contributed by atoms with Crippen molar-refractivity contribution in [2.45, 2.75) is 13.0 Å². The molecule has 16 heavy (non-hydrogen) atoms. The number of morpholine rings is 1. The third-order valence-corrected chi connectivity index (χ3v) is 2.95. The first-order valence-electron chi connectivity index (χ1n) is 5.64. The summed E-state index contributed by atoms with van der Waals surface area (Å²) in [6.07, 6.45) is 1.96. The maximum Gasteiger partial charge on any atom is 0.112 e. The molecule has 2 heterocycles. The quantitative estimate of drug-likeness (QED) is 0.821. The number of ether oxygens (including phenoxy) is 2. The van der Waals surface area contributed by atoms with Crippen LogP contribution in [0.4, 0.5) is 0 Å². The number of nitrogens with one attached hydrogen (secondary N) is 1. The second-order valence-corrected chi connectivity index (χ2v) is 4.12. The minimum Gasteiger partial charge on any atom is -0.383 e. The average Bonchev–Trinajstić information content (AvgIpc) is 2.73. The number of aromatic amines is 1. The van der Waals surface area contributed by atoms with Crippen molar-refractivity contribution >= 4 is 0 Å². The highest BCUT2D eigenvalue weighted by atomic mass is 16.5. The highest BCUT2D eigenvalue weighted by Gasteiger charge is 2.23. The number of rotatable bonds is 4. The Morgan fingerprint density at radius 2 is 2.56 bits per heavy atom. The summed E-state index contributed by atoms with van der Waals surface area (Å²) in [5.74, 6) is 0. The number of aromatic nitrogens is 2. The van der Waals surface area contributed by atoms with Gasteiger partial charge < -0.3 is 9.47 Å². The fraction of sp³-hybridized carbons (Fsp3) is 0.727. The predicted octanol–water partition coefficient (Wildman–Crippen LogP) is 0.738. The Kier molecular flexibility index (Phi) is 3.93. The monoisotopic (exact) mass is 225 g/mol. The summed E-state index contributed by atoms with van der Waals surface area (Å²) in [7, 11) is 1.73. The van der Waals surface area contributed by atoms with E-state index in [1.54, 1.807) is 7.11 Å². The molecule has 0 bridgehead atoms. The van der Waals surface area contributed by atoms with E-state index >= 15 is 0 Å². The number of nitrogens with zero attached hydrogens (tertiary/aromatic N) is 2. The Labute approximate surface area is 95.7 Å². The lowest BCUT2D eigenvalue weighted by Crippen LogP contribution is -2.40. The Bertz CT molecular complexity index is 327. The highest BCUT2D eigenvalue weighted by molar-refractivity contribution is 5.17. The van der Waals surface area contributed by atoms with Crippen molar-refractivity contribution in [2.75, 3.05) is 40.0 Å². The minimum atomic E-state index is 0.119. The van der Waals surface area contributed by atoms with Gasteiger partial charge in [0.15, 0.2) is 0 Å². The predicted molar refractivity (Wildman–Crippen MR) is 60.3 cm³/mol. The lowest BCUT2D eigenvalue weighted by atomic mass is 10.1. The molecule has 1 aliphatic rings. The van der Waals surface area contributed by atoms with Crippen LogP contribution in [0.25, 0.3) is 0 Å². The Balaban J connectivity index is 1.94. The number of hydrogen-bond donors (Lipinski definition) is 1. The van der Waals surface area contributed by atoms with Gasteiger partial charge in [-0.1, -0.05) is 0 Å². The summed E-state index contributed by atoms with van der Waals surface area (Å²) in [6, 6.07) is 0. The average molecular weight is 225 g/mol. The molecule has 0 spiro atoms. The minimum absolute atomic E-state index is 0.119. The molecule has 2 rings (SSSR count). The van der Waals surface area contributed by atoms with E-state index in [9.17, 15) is 0 Å². The molecule has 5 heteroatoms. The summed E-state index contributed by atoms with van der Waals surface area (Å²) >= 11 is 0. The zero-order valence-electron chi connectivity index (χ0n) is 9.90. The molecule has 0 saturated carbocycles. The number of aryl methyl sites for hydroxylation is 1. The van der Waals surface area contributed by atoms with E-state index in [1.807, 2.05) is 6.20 Å². The van der Waals surface area contributed by atoms with E-state index in [4.69, 9.17) is 9.47 Å². The van der Waals surface area contributed by atoms with Crippen molar-refractivity contribution in [3.05, 3.63) is 17.5 Å². The van der Waals surface area contributed by atoms with Gasteiger partial charge in [0.2, 0.25) is 0 Å². The lowest BCUT2D eigenvalue weighted by Gasteiger charge is -2.32. The van der Waals surface area contributed by atoms with Gasteiger partial charge in [-0.15, -0.1) is 0 Å². The maximum atomic E-state index is 5.76. The molecular weight excluding hydrogens is 206 g/mol. The Morgan fingerprint density at radius 1 is 1.69 bits per heavy atom. The van der Waals surface area contributed by atoms with Crippen molar-refractivity contribution in [1.29, 1.82) is 0 Å². The normalized spacial score (nSPS) is 22.5. The molecule has 0 radical (unpaired) electrons. The van der Waals surface area contributed by atoms with Crippen LogP contribution < -0.4 is 0 Å². The smallest absolute Gasteiger partial charge is 0.112 e. The maximum absolute atomic E-state index is 5.76.